The molecule has 0 fully saturated rings. The molecule has 2 aromatic heterocycles. The number of aromatic carboxylic acids is 1. The van der Waals surface area contributed by atoms with E-state index in [4.69, 9.17) is 15.6 Å². The molecular weight excluding hydrogens is 324 g/mol. The predicted molar refractivity (Wildman–Crippen MR) is 90.6 cm³/mol. The van der Waals surface area contributed by atoms with Crippen molar-refractivity contribution in [3.8, 4) is 5.75 Å². The number of fused-ring (bicyclic) bond motifs is 2. The van der Waals surface area contributed by atoms with Crippen LogP contribution in [0.5, 0.6) is 5.75 Å². The summed E-state index contributed by atoms with van der Waals surface area (Å²) in [6, 6.07) is 10.9. The highest BCUT2D eigenvalue weighted by molar-refractivity contribution is 5.95. The standard InChI is InChI=1S/C9H10N2O2.C8H6N2O2/c10-4-6-1-2-8-7(3-6)11-9(12)5-13-8;11-8(12)6-5-9-7-3-1-2-4-10(6)7/h1-3H,4-5,10H2,(H,11,12);1-5H,(H,11,12). The zero-order valence-electron chi connectivity index (χ0n) is 13.2. The van der Waals surface area contributed by atoms with Gasteiger partial charge < -0.3 is 20.9 Å². The van der Waals surface area contributed by atoms with E-state index in [-0.39, 0.29) is 18.2 Å². The van der Waals surface area contributed by atoms with Crippen molar-refractivity contribution in [1.29, 1.82) is 0 Å². The third kappa shape index (κ3) is 3.59. The van der Waals surface area contributed by atoms with Gasteiger partial charge in [-0.15, -0.1) is 0 Å². The number of hydrogen-bond acceptors (Lipinski definition) is 5. The summed E-state index contributed by atoms with van der Waals surface area (Å²) in [4.78, 5) is 25.5. The minimum absolute atomic E-state index is 0.0922. The smallest absolute Gasteiger partial charge is 0.354 e. The van der Waals surface area contributed by atoms with E-state index in [1.807, 2.05) is 24.3 Å². The summed E-state index contributed by atoms with van der Waals surface area (Å²) in [5, 5.41) is 11.4. The highest BCUT2D eigenvalue weighted by Gasteiger charge is 2.15. The minimum Gasteiger partial charge on any atom is -0.482 e. The van der Waals surface area contributed by atoms with Crippen molar-refractivity contribution >= 4 is 23.2 Å². The number of amides is 1. The lowest BCUT2D eigenvalue weighted by molar-refractivity contribution is -0.118. The molecule has 0 unspecified atom stereocenters. The van der Waals surface area contributed by atoms with Crippen molar-refractivity contribution < 1.29 is 19.4 Å². The van der Waals surface area contributed by atoms with Gasteiger partial charge >= 0.3 is 5.97 Å². The van der Waals surface area contributed by atoms with E-state index < -0.39 is 5.97 Å². The Hall–Kier alpha value is -3.39. The lowest BCUT2D eigenvalue weighted by Crippen LogP contribution is -2.25. The maximum atomic E-state index is 11.0. The van der Waals surface area contributed by atoms with Crippen LogP contribution in [0, 0.1) is 0 Å². The van der Waals surface area contributed by atoms with Gasteiger partial charge in [-0.1, -0.05) is 12.1 Å². The van der Waals surface area contributed by atoms with Crippen LogP contribution < -0.4 is 15.8 Å². The lowest BCUT2D eigenvalue weighted by Gasteiger charge is -2.18. The largest absolute Gasteiger partial charge is 0.482 e. The van der Waals surface area contributed by atoms with E-state index in [1.165, 1.54) is 10.6 Å². The summed E-state index contributed by atoms with van der Waals surface area (Å²) >= 11 is 0. The first-order valence-electron chi connectivity index (χ1n) is 7.49. The third-order valence-electron chi connectivity index (χ3n) is 3.55. The molecule has 8 nitrogen and oxygen atoms in total. The molecule has 0 atom stereocenters. The average Bonchev–Trinajstić information content (AvgIpc) is 3.06. The first-order chi connectivity index (χ1) is 12.1. The van der Waals surface area contributed by atoms with Crippen molar-refractivity contribution in [1.82, 2.24) is 9.38 Å². The summed E-state index contributed by atoms with van der Waals surface area (Å²) in [7, 11) is 0. The minimum atomic E-state index is -0.964. The van der Waals surface area contributed by atoms with Crippen LogP contribution in [0.25, 0.3) is 5.65 Å². The second-order valence-electron chi connectivity index (χ2n) is 5.25. The fourth-order valence-corrected chi connectivity index (χ4v) is 2.35. The Morgan fingerprint density at radius 2 is 2.20 bits per heavy atom. The Balaban J connectivity index is 0.000000146. The van der Waals surface area contributed by atoms with E-state index in [0.717, 1.165) is 5.56 Å². The van der Waals surface area contributed by atoms with E-state index in [1.54, 1.807) is 18.3 Å². The Morgan fingerprint density at radius 1 is 1.36 bits per heavy atom. The zero-order valence-corrected chi connectivity index (χ0v) is 13.2. The number of carbonyl (C=O) groups excluding carboxylic acids is 1. The quantitative estimate of drug-likeness (QED) is 0.650. The number of nitrogens with one attached hydrogen (secondary N) is 1. The van der Waals surface area contributed by atoms with E-state index >= 15 is 0 Å². The number of pyridine rings is 1. The number of carbonyl (C=O) groups is 2. The zero-order chi connectivity index (χ0) is 17.8. The number of carboxylic acid groups (broad SMARTS) is 1. The number of carboxylic acids is 1. The van der Waals surface area contributed by atoms with Crippen LogP contribution in [0.4, 0.5) is 5.69 Å². The molecule has 0 bridgehead atoms. The summed E-state index contributed by atoms with van der Waals surface area (Å²) in [6.07, 6.45) is 3.02. The number of imidazole rings is 1. The molecular formula is C17H16N4O4. The number of nitrogens with two attached hydrogens (primary N) is 1. The van der Waals surface area contributed by atoms with Crippen LogP contribution in [0.3, 0.4) is 0 Å². The van der Waals surface area contributed by atoms with Gasteiger partial charge in [0, 0.05) is 12.7 Å². The predicted octanol–water partition coefficient (Wildman–Crippen LogP) is 1.51. The van der Waals surface area contributed by atoms with Crippen molar-refractivity contribution in [3.63, 3.8) is 0 Å². The van der Waals surface area contributed by atoms with Crippen LogP contribution in [0.2, 0.25) is 0 Å². The van der Waals surface area contributed by atoms with Gasteiger partial charge in [-0.05, 0) is 29.8 Å². The van der Waals surface area contributed by atoms with Gasteiger partial charge in [0.25, 0.3) is 5.91 Å². The third-order valence-corrected chi connectivity index (χ3v) is 3.55. The molecule has 3 heterocycles. The molecule has 4 rings (SSSR count). The van der Waals surface area contributed by atoms with Crippen LogP contribution in [-0.4, -0.2) is 33.0 Å². The summed E-state index contributed by atoms with van der Waals surface area (Å²) in [6.45, 7) is 0.554. The highest BCUT2D eigenvalue weighted by atomic mass is 16.5. The van der Waals surface area contributed by atoms with Crippen LogP contribution in [-0.2, 0) is 11.3 Å². The number of anilines is 1. The van der Waals surface area contributed by atoms with Crippen LogP contribution in [0.15, 0.2) is 48.8 Å². The molecule has 1 aliphatic rings. The summed E-state index contributed by atoms with van der Waals surface area (Å²) in [5.74, 6) is -0.382. The maximum absolute atomic E-state index is 11.0. The number of ether oxygens (including phenoxy) is 1. The summed E-state index contributed by atoms with van der Waals surface area (Å²) < 4.78 is 6.71. The summed E-state index contributed by atoms with van der Waals surface area (Å²) in [5.41, 5.74) is 7.98. The molecule has 1 aromatic carbocycles. The second kappa shape index (κ2) is 7.02. The van der Waals surface area contributed by atoms with Gasteiger partial charge in [0.2, 0.25) is 0 Å². The van der Waals surface area contributed by atoms with Crippen molar-refractivity contribution in [2.24, 2.45) is 5.73 Å². The average molecular weight is 340 g/mol. The number of nitrogens with zero attached hydrogens (tertiary/aromatic N) is 2. The van der Waals surface area contributed by atoms with Crippen molar-refractivity contribution in [3.05, 3.63) is 60.0 Å². The van der Waals surface area contributed by atoms with Crippen LogP contribution in [0.1, 0.15) is 16.1 Å². The fraction of sp³-hybridized carbons (Fsp3) is 0.118. The molecule has 3 aromatic rings. The van der Waals surface area contributed by atoms with E-state index in [2.05, 4.69) is 10.3 Å². The number of hydrogen-bond donors (Lipinski definition) is 3. The van der Waals surface area contributed by atoms with Gasteiger partial charge in [-0.2, -0.15) is 0 Å². The van der Waals surface area contributed by atoms with Crippen molar-refractivity contribution in [2.45, 2.75) is 6.54 Å². The fourth-order valence-electron chi connectivity index (χ4n) is 2.35. The normalized spacial score (nSPS) is 12.4. The molecule has 0 saturated heterocycles. The Kier molecular flexibility index (Phi) is 4.62. The number of benzene rings is 1. The Labute approximate surface area is 142 Å². The first kappa shape index (κ1) is 16.5. The maximum Gasteiger partial charge on any atom is 0.354 e. The van der Waals surface area contributed by atoms with Gasteiger partial charge in [0.05, 0.1) is 11.9 Å². The van der Waals surface area contributed by atoms with E-state index in [9.17, 15) is 9.59 Å². The Morgan fingerprint density at radius 3 is 2.96 bits per heavy atom. The molecule has 0 radical (unpaired) electrons. The first-order valence-corrected chi connectivity index (χ1v) is 7.49. The molecule has 1 aliphatic heterocycles. The van der Waals surface area contributed by atoms with Gasteiger partial charge in [-0.3, -0.25) is 9.20 Å². The molecule has 4 N–H and O–H groups in total. The topological polar surface area (TPSA) is 119 Å². The van der Waals surface area contributed by atoms with Gasteiger partial charge in [-0.25, -0.2) is 9.78 Å². The Bertz CT molecular complexity index is 935. The number of rotatable bonds is 2. The van der Waals surface area contributed by atoms with Gasteiger partial charge in [0.15, 0.2) is 12.3 Å². The second-order valence-corrected chi connectivity index (χ2v) is 5.25. The molecule has 25 heavy (non-hydrogen) atoms. The lowest BCUT2D eigenvalue weighted by atomic mass is 10.1. The molecule has 1 amide bonds. The molecule has 128 valence electrons. The van der Waals surface area contributed by atoms with E-state index in [0.29, 0.717) is 23.6 Å². The van der Waals surface area contributed by atoms with Crippen LogP contribution >= 0.6 is 0 Å². The monoisotopic (exact) mass is 340 g/mol. The molecule has 0 aliphatic carbocycles. The molecule has 0 spiro atoms. The van der Waals surface area contributed by atoms with Crippen molar-refractivity contribution in [2.75, 3.05) is 11.9 Å². The number of aromatic nitrogens is 2. The SMILES string of the molecule is NCc1ccc2c(c1)NC(=O)CO2.O=C(O)c1cnc2ccccn12. The molecule has 0 saturated carbocycles. The van der Waals surface area contributed by atoms with Gasteiger partial charge in [0.1, 0.15) is 11.4 Å². The molecule has 8 heteroatoms. The highest BCUT2D eigenvalue weighted by Crippen LogP contribution is 2.28.